The molecule has 1 aliphatic heterocycles. The lowest BCUT2D eigenvalue weighted by atomic mass is 10.1. The second-order valence-electron chi connectivity index (χ2n) is 7.62. The highest BCUT2D eigenvalue weighted by Crippen LogP contribution is 2.29. The zero-order valence-electron chi connectivity index (χ0n) is 15.8. The van der Waals surface area contributed by atoms with Crippen LogP contribution in [0.4, 0.5) is 5.69 Å². The molecular weight excluding hydrogens is 376 g/mol. The minimum absolute atomic E-state index is 0.0848. The van der Waals surface area contributed by atoms with Crippen molar-refractivity contribution in [3.8, 4) is 0 Å². The van der Waals surface area contributed by atoms with Crippen molar-refractivity contribution in [2.24, 2.45) is 0 Å². The number of aliphatic hydroxyl groups is 1. The van der Waals surface area contributed by atoms with Gasteiger partial charge in [0.05, 0.1) is 11.0 Å². The van der Waals surface area contributed by atoms with Gasteiger partial charge >= 0.3 is 0 Å². The van der Waals surface area contributed by atoms with Crippen molar-refractivity contribution >= 4 is 21.6 Å². The van der Waals surface area contributed by atoms with E-state index in [2.05, 4.69) is 5.32 Å². The summed E-state index contributed by atoms with van der Waals surface area (Å²) in [5, 5.41) is 12.9. The summed E-state index contributed by atoms with van der Waals surface area (Å²) in [5.74, 6) is -0.412. The van der Waals surface area contributed by atoms with E-state index in [-0.39, 0.29) is 17.9 Å². The standard InChI is InChI=1S/C21H24N2O4S/c1-14-5-9-19(10-6-14)28(26,27)23-13-18(24)12-20(23)21(25)22-17-8-7-15-3-2-4-16(15)11-17/h5-11,18,20,24H,2-4,12-13H2,1H3,(H,22,25)/t18-,20+/m0/s1. The van der Waals surface area contributed by atoms with Crippen LogP contribution in [-0.4, -0.2) is 42.4 Å². The molecule has 1 aliphatic carbocycles. The Morgan fingerprint density at radius 2 is 1.82 bits per heavy atom. The van der Waals surface area contributed by atoms with Crippen LogP contribution < -0.4 is 5.32 Å². The molecule has 0 spiro atoms. The van der Waals surface area contributed by atoms with Crippen molar-refractivity contribution < 1.29 is 18.3 Å². The SMILES string of the molecule is Cc1ccc(S(=O)(=O)N2C[C@@H](O)C[C@@H]2C(=O)Nc2ccc3c(c2)CCC3)cc1. The smallest absolute Gasteiger partial charge is 0.243 e. The number of carbonyl (C=O) groups is 1. The van der Waals surface area contributed by atoms with E-state index >= 15 is 0 Å². The number of amides is 1. The number of nitrogens with one attached hydrogen (secondary N) is 1. The van der Waals surface area contributed by atoms with Crippen LogP contribution in [0.25, 0.3) is 0 Å². The van der Waals surface area contributed by atoms with Crippen LogP contribution in [0.2, 0.25) is 0 Å². The van der Waals surface area contributed by atoms with Crippen LogP contribution >= 0.6 is 0 Å². The van der Waals surface area contributed by atoms with Crippen molar-refractivity contribution in [2.45, 2.75) is 49.6 Å². The molecular formula is C21H24N2O4S. The van der Waals surface area contributed by atoms with E-state index in [0.29, 0.717) is 5.69 Å². The molecule has 2 atom stereocenters. The fourth-order valence-corrected chi connectivity index (χ4v) is 5.64. The molecule has 0 radical (unpaired) electrons. The summed E-state index contributed by atoms with van der Waals surface area (Å²) >= 11 is 0. The molecule has 0 saturated carbocycles. The Morgan fingerprint density at radius 3 is 2.57 bits per heavy atom. The number of hydrogen-bond donors (Lipinski definition) is 2. The Kier molecular flexibility index (Phi) is 4.99. The lowest BCUT2D eigenvalue weighted by molar-refractivity contribution is -0.119. The molecule has 148 valence electrons. The second-order valence-corrected chi connectivity index (χ2v) is 9.51. The van der Waals surface area contributed by atoms with Gasteiger partial charge in [0.25, 0.3) is 0 Å². The predicted molar refractivity (Wildman–Crippen MR) is 107 cm³/mol. The molecule has 6 nitrogen and oxygen atoms in total. The first-order valence-corrected chi connectivity index (χ1v) is 11.0. The number of sulfonamides is 1. The van der Waals surface area contributed by atoms with Crippen molar-refractivity contribution in [1.29, 1.82) is 0 Å². The molecule has 4 rings (SSSR count). The highest BCUT2D eigenvalue weighted by Gasteiger charge is 2.43. The normalized spacial score (nSPS) is 22.2. The highest BCUT2D eigenvalue weighted by atomic mass is 32.2. The van der Waals surface area contributed by atoms with E-state index in [1.165, 1.54) is 23.3 Å². The van der Waals surface area contributed by atoms with Gasteiger partial charge in [-0.05, 0) is 61.6 Å². The van der Waals surface area contributed by atoms with Crippen LogP contribution in [-0.2, 0) is 27.7 Å². The lowest BCUT2D eigenvalue weighted by Crippen LogP contribution is -2.43. The van der Waals surface area contributed by atoms with E-state index in [1.807, 2.05) is 25.1 Å². The van der Waals surface area contributed by atoms with Crippen LogP contribution in [0.1, 0.15) is 29.5 Å². The third-order valence-corrected chi connectivity index (χ3v) is 7.42. The van der Waals surface area contributed by atoms with Crippen LogP contribution in [0, 0.1) is 6.92 Å². The first-order chi connectivity index (χ1) is 13.3. The first-order valence-electron chi connectivity index (χ1n) is 9.54. The molecule has 2 aromatic carbocycles. The summed E-state index contributed by atoms with van der Waals surface area (Å²) in [6, 6.07) is 11.4. The highest BCUT2D eigenvalue weighted by molar-refractivity contribution is 7.89. The summed E-state index contributed by atoms with van der Waals surface area (Å²) in [5.41, 5.74) is 4.15. The zero-order chi connectivity index (χ0) is 19.9. The average Bonchev–Trinajstić information content (AvgIpc) is 3.28. The Morgan fingerprint density at radius 1 is 1.11 bits per heavy atom. The second kappa shape index (κ2) is 7.31. The van der Waals surface area contributed by atoms with E-state index < -0.39 is 28.1 Å². The van der Waals surface area contributed by atoms with Gasteiger partial charge in [0.2, 0.25) is 15.9 Å². The Labute approximate surface area is 165 Å². The monoisotopic (exact) mass is 400 g/mol. The molecule has 0 aromatic heterocycles. The Hall–Kier alpha value is -2.22. The summed E-state index contributed by atoms with van der Waals surface area (Å²) in [6.45, 7) is 1.79. The first kappa shape index (κ1) is 19.1. The van der Waals surface area contributed by atoms with Crippen molar-refractivity contribution in [3.05, 3.63) is 59.2 Å². The van der Waals surface area contributed by atoms with Gasteiger partial charge in [-0.15, -0.1) is 0 Å². The van der Waals surface area contributed by atoms with Gasteiger partial charge in [-0.2, -0.15) is 4.31 Å². The maximum absolute atomic E-state index is 13.0. The molecule has 2 N–H and O–H groups in total. The van der Waals surface area contributed by atoms with Gasteiger partial charge in [-0.3, -0.25) is 4.79 Å². The number of benzene rings is 2. The van der Waals surface area contributed by atoms with E-state index in [1.54, 1.807) is 12.1 Å². The van der Waals surface area contributed by atoms with Gasteiger partial charge in [0.15, 0.2) is 0 Å². The third kappa shape index (κ3) is 3.57. The summed E-state index contributed by atoms with van der Waals surface area (Å²) < 4.78 is 27.2. The summed E-state index contributed by atoms with van der Waals surface area (Å²) in [7, 11) is -3.87. The van der Waals surface area contributed by atoms with Crippen molar-refractivity contribution in [2.75, 3.05) is 11.9 Å². The van der Waals surface area contributed by atoms with Crippen molar-refractivity contribution in [3.63, 3.8) is 0 Å². The molecule has 2 aliphatic rings. The molecule has 28 heavy (non-hydrogen) atoms. The number of rotatable bonds is 4. The number of β-amino-alcohol motifs (C(OH)–C–C–N with tert-alkyl or cyclic N) is 1. The predicted octanol–water partition coefficient (Wildman–Crippen LogP) is 2.25. The molecule has 0 bridgehead atoms. The van der Waals surface area contributed by atoms with Crippen LogP contribution in [0.3, 0.4) is 0 Å². The molecule has 1 heterocycles. The van der Waals surface area contributed by atoms with E-state index in [0.717, 1.165) is 29.1 Å². The van der Waals surface area contributed by atoms with E-state index in [9.17, 15) is 18.3 Å². The van der Waals surface area contributed by atoms with Gasteiger partial charge in [0.1, 0.15) is 6.04 Å². The molecule has 1 saturated heterocycles. The summed E-state index contributed by atoms with van der Waals surface area (Å²) in [6.07, 6.45) is 2.39. The maximum atomic E-state index is 13.0. The topological polar surface area (TPSA) is 86.7 Å². The molecule has 2 aromatic rings. The number of aliphatic hydroxyl groups excluding tert-OH is 1. The minimum atomic E-state index is -3.87. The average molecular weight is 401 g/mol. The Bertz CT molecular complexity index is 1000. The lowest BCUT2D eigenvalue weighted by Gasteiger charge is -2.23. The minimum Gasteiger partial charge on any atom is -0.392 e. The fraction of sp³-hybridized carbons (Fsp3) is 0.381. The van der Waals surface area contributed by atoms with E-state index in [4.69, 9.17) is 0 Å². The number of anilines is 1. The molecule has 0 unspecified atom stereocenters. The third-order valence-electron chi connectivity index (χ3n) is 5.53. The number of nitrogens with zero attached hydrogens (tertiary/aromatic N) is 1. The fourth-order valence-electron chi connectivity index (χ4n) is 4.01. The molecule has 1 amide bonds. The number of hydrogen-bond acceptors (Lipinski definition) is 4. The largest absolute Gasteiger partial charge is 0.392 e. The number of aryl methyl sites for hydroxylation is 3. The maximum Gasteiger partial charge on any atom is 0.243 e. The summed E-state index contributed by atoms with van der Waals surface area (Å²) in [4.78, 5) is 13.0. The quantitative estimate of drug-likeness (QED) is 0.824. The zero-order valence-corrected chi connectivity index (χ0v) is 16.6. The van der Waals surface area contributed by atoms with Gasteiger partial charge in [-0.25, -0.2) is 8.42 Å². The van der Waals surface area contributed by atoms with Crippen LogP contribution in [0.15, 0.2) is 47.4 Å². The Balaban J connectivity index is 1.57. The number of fused-ring (bicyclic) bond motifs is 1. The van der Waals surface area contributed by atoms with Gasteiger partial charge in [-0.1, -0.05) is 23.8 Å². The molecule has 1 fully saturated rings. The van der Waals surface area contributed by atoms with Crippen molar-refractivity contribution in [1.82, 2.24) is 4.31 Å². The van der Waals surface area contributed by atoms with Gasteiger partial charge in [0, 0.05) is 18.7 Å². The molecule has 7 heteroatoms. The number of carbonyl (C=O) groups excluding carboxylic acids is 1. The van der Waals surface area contributed by atoms with Gasteiger partial charge < -0.3 is 10.4 Å². The van der Waals surface area contributed by atoms with Crippen LogP contribution in [0.5, 0.6) is 0 Å².